The molecule has 0 aliphatic carbocycles. The van der Waals surface area contributed by atoms with E-state index in [1.54, 1.807) is 0 Å². The summed E-state index contributed by atoms with van der Waals surface area (Å²) >= 11 is 0. The predicted octanol–water partition coefficient (Wildman–Crippen LogP) is 2.50. The normalized spacial score (nSPS) is 16.4. The molecule has 0 aliphatic heterocycles. The van der Waals surface area contributed by atoms with Gasteiger partial charge < -0.3 is 5.11 Å². The first-order chi connectivity index (χ1) is 4.56. The fourth-order valence-electron chi connectivity index (χ4n) is 1.11. The van der Waals surface area contributed by atoms with Crippen molar-refractivity contribution in [2.24, 2.45) is 0 Å². The molecule has 1 N–H and O–H groups in total. The highest BCUT2D eigenvalue weighted by Gasteiger charge is 2.23. The van der Waals surface area contributed by atoms with Crippen LogP contribution in [-0.4, -0.2) is 10.7 Å². The minimum atomic E-state index is -0.602. The Kier molecular flexibility index (Phi) is 3.66. The maximum Gasteiger partial charge on any atom is 0.0848 e. The fraction of sp³-hybridized carbons (Fsp3) is 0.778. The van der Waals surface area contributed by atoms with Crippen LogP contribution in [0.25, 0.3) is 0 Å². The molecule has 0 bridgehead atoms. The van der Waals surface area contributed by atoms with Crippen molar-refractivity contribution < 1.29 is 5.11 Å². The molecule has 0 spiro atoms. The van der Waals surface area contributed by atoms with Gasteiger partial charge in [-0.3, -0.25) is 0 Å². The van der Waals surface area contributed by atoms with Crippen LogP contribution in [0.3, 0.4) is 0 Å². The molecule has 10 heavy (non-hydrogen) atoms. The Morgan fingerprint density at radius 2 is 2.00 bits per heavy atom. The highest BCUT2D eigenvalue weighted by atomic mass is 16.3. The van der Waals surface area contributed by atoms with Gasteiger partial charge >= 0.3 is 0 Å². The molecule has 0 heterocycles. The highest BCUT2D eigenvalue weighted by molar-refractivity contribution is 5.08. The van der Waals surface area contributed by atoms with Crippen LogP contribution >= 0.6 is 0 Å². The van der Waals surface area contributed by atoms with E-state index >= 15 is 0 Å². The monoisotopic (exact) mass is 142 g/mol. The Hall–Kier alpha value is -0.300. The molecule has 0 aromatic carbocycles. The zero-order valence-electron chi connectivity index (χ0n) is 7.28. The second-order valence-electron chi connectivity index (χ2n) is 2.92. The number of rotatable bonds is 4. The van der Waals surface area contributed by atoms with E-state index in [0.29, 0.717) is 0 Å². The Bertz CT molecular complexity index is 118. The van der Waals surface area contributed by atoms with Gasteiger partial charge in [-0.15, -0.1) is 0 Å². The third kappa shape index (κ3) is 2.14. The molecule has 0 saturated carbocycles. The lowest BCUT2D eigenvalue weighted by atomic mass is 9.89. The molecule has 0 rings (SSSR count). The third-order valence-corrected chi connectivity index (χ3v) is 2.04. The molecule has 1 heteroatoms. The summed E-state index contributed by atoms with van der Waals surface area (Å²) in [5, 5.41) is 9.80. The van der Waals surface area contributed by atoms with Crippen molar-refractivity contribution in [1.29, 1.82) is 0 Å². The lowest BCUT2D eigenvalue weighted by molar-refractivity contribution is 0.0647. The molecule has 1 unspecified atom stereocenters. The summed E-state index contributed by atoms with van der Waals surface area (Å²) in [4.78, 5) is 0. The molecule has 0 aromatic rings. The van der Waals surface area contributed by atoms with E-state index in [-0.39, 0.29) is 0 Å². The first kappa shape index (κ1) is 9.70. The second kappa shape index (κ2) is 3.77. The highest BCUT2D eigenvalue weighted by Crippen LogP contribution is 2.24. The largest absolute Gasteiger partial charge is 0.386 e. The van der Waals surface area contributed by atoms with Gasteiger partial charge in [-0.05, 0) is 25.3 Å². The van der Waals surface area contributed by atoms with Crippen molar-refractivity contribution in [2.75, 3.05) is 0 Å². The first-order valence-electron chi connectivity index (χ1n) is 3.95. The van der Waals surface area contributed by atoms with Crippen LogP contribution in [0.2, 0.25) is 0 Å². The van der Waals surface area contributed by atoms with Crippen molar-refractivity contribution in [3.8, 4) is 0 Å². The molecule has 1 atom stereocenters. The first-order valence-corrected chi connectivity index (χ1v) is 3.95. The van der Waals surface area contributed by atoms with Gasteiger partial charge in [0.15, 0.2) is 0 Å². The Morgan fingerprint density at radius 3 is 2.10 bits per heavy atom. The van der Waals surface area contributed by atoms with E-state index < -0.39 is 5.60 Å². The quantitative estimate of drug-likeness (QED) is 0.598. The summed E-state index contributed by atoms with van der Waals surface area (Å²) in [6.45, 7) is 9.72. The van der Waals surface area contributed by atoms with Crippen LogP contribution in [0, 0.1) is 0 Å². The smallest absolute Gasteiger partial charge is 0.0848 e. The maximum absolute atomic E-state index is 9.80. The van der Waals surface area contributed by atoms with E-state index in [0.717, 1.165) is 24.8 Å². The summed E-state index contributed by atoms with van der Waals surface area (Å²) in [7, 11) is 0. The Balaban J connectivity index is 4.08. The maximum atomic E-state index is 9.80. The minimum Gasteiger partial charge on any atom is -0.386 e. The van der Waals surface area contributed by atoms with Crippen LogP contribution in [0.1, 0.15) is 40.0 Å². The van der Waals surface area contributed by atoms with Crippen molar-refractivity contribution in [1.82, 2.24) is 0 Å². The second-order valence-corrected chi connectivity index (χ2v) is 2.92. The van der Waals surface area contributed by atoms with Gasteiger partial charge in [0, 0.05) is 0 Å². The van der Waals surface area contributed by atoms with Gasteiger partial charge in [0.2, 0.25) is 0 Å². The third-order valence-electron chi connectivity index (χ3n) is 2.04. The summed E-state index contributed by atoms with van der Waals surface area (Å²) in [5.41, 5.74) is 0.284. The Labute approximate surface area is 63.8 Å². The minimum absolute atomic E-state index is 0.602. The lowest BCUT2D eigenvalue weighted by Gasteiger charge is -2.26. The van der Waals surface area contributed by atoms with Crippen LogP contribution in [-0.2, 0) is 0 Å². The molecule has 60 valence electrons. The van der Waals surface area contributed by atoms with E-state index in [1.165, 1.54) is 0 Å². The molecule has 1 nitrogen and oxygen atoms in total. The molecule has 0 amide bonds. The average Bonchev–Trinajstić information content (AvgIpc) is 1.88. The molecule has 0 saturated heterocycles. The Morgan fingerprint density at radius 1 is 1.50 bits per heavy atom. The van der Waals surface area contributed by atoms with Gasteiger partial charge in [0.25, 0.3) is 0 Å². The summed E-state index contributed by atoms with van der Waals surface area (Å²) in [5.74, 6) is 0. The van der Waals surface area contributed by atoms with E-state index in [9.17, 15) is 5.11 Å². The molecule has 0 aromatic heterocycles. The molecule has 0 radical (unpaired) electrons. The summed E-state index contributed by atoms with van der Waals surface area (Å²) in [6, 6.07) is 0. The molecular weight excluding hydrogens is 124 g/mol. The average molecular weight is 142 g/mol. The van der Waals surface area contributed by atoms with Crippen molar-refractivity contribution in [3.63, 3.8) is 0 Å². The van der Waals surface area contributed by atoms with Crippen molar-refractivity contribution in [3.05, 3.63) is 12.2 Å². The van der Waals surface area contributed by atoms with E-state index in [1.807, 2.05) is 13.8 Å². The van der Waals surface area contributed by atoms with Crippen LogP contribution in [0.4, 0.5) is 0 Å². The van der Waals surface area contributed by atoms with E-state index in [2.05, 4.69) is 13.5 Å². The fourth-order valence-corrected chi connectivity index (χ4v) is 1.11. The molecular formula is C9H18O. The summed E-state index contributed by atoms with van der Waals surface area (Å²) in [6.07, 6.45) is 2.62. The van der Waals surface area contributed by atoms with Crippen LogP contribution in [0.5, 0.6) is 0 Å². The number of hydrogen-bond acceptors (Lipinski definition) is 1. The zero-order chi connectivity index (χ0) is 8.20. The van der Waals surface area contributed by atoms with Gasteiger partial charge in [0.05, 0.1) is 5.60 Å². The summed E-state index contributed by atoms with van der Waals surface area (Å²) < 4.78 is 0. The molecule has 0 fully saturated rings. The van der Waals surface area contributed by atoms with E-state index in [4.69, 9.17) is 0 Å². The van der Waals surface area contributed by atoms with Gasteiger partial charge in [-0.1, -0.05) is 26.8 Å². The SMILES string of the molecule is C=C(C)C(O)(CC)CCC. The number of aliphatic hydroxyl groups is 1. The number of hydrogen-bond donors (Lipinski definition) is 1. The lowest BCUT2D eigenvalue weighted by Crippen LogP contribution is -2.28. The zero-order valence-corrected chi connectivity index (χ0v) is 7.28. The standard InChI is InChI=1S/C9H18O/c1-5-7-9(10,6-2)8(3)4/h10H,3,5-7H2,1-2,4H3. The van der Waals surface area contributed by atoms with Crippen LogP contribution in [0.15, 0.2) is 12.2 Å². The van der Waals surface area contributed by atoms with Gasteiger partial charge in [-0.2, -0.15) is 0 Å². The molecule has 0 aliphatic rings. The predicted molar refractivity (Wildman–Crippen MR) is 45.0 cm³/mol. The van der Waals surface area contributed by atoms with Crippen molar-refractivity contribution >= 4 is 0 Å². The van der Waals surface area contributed by atoms with Gasteiger partial charge in [-0.25, -0.2) is 0 Å². The van der Waals surface area contributed by atoms with Crippen molar-refractivity contribution in [2.45, 2.75) is 45.6 Å². The topological polar surface area (TPSA) is 20.2 Å². The van der Waals surface area contributed by atoms with Crippen LogP contribution < -0.4 is 0 Å². The van der Waals surface area contributed by atoms with Gasteiger partial charge in [0.1, 0.15) is 0 Å².